The van der Waals surface area contributed by atoms with Gasteiger partial charge in [0.2, 0.25) is 0 Å². The zero-order valence-corrected chi connectivity index (χ0v) is 12.9. The number of rotatable bonds is 4. The fourth-order valence-corrected chi connectivity index (χ4v) is 2.92. The van der Waals surface area contributed by atoms with E-state index < -0.39 is 5.97 Å². The maximum Gasteiger partial charge on any atom is 0.303 e. The first-order valence-electron chi connectivity index (χ1n) is 6.72. The Morgan fingerprint density at radius 1 is 1.14 bits per heavy atom. The predicted molar refractivity (Wildman–Crippen MR) is 87.4 cm³/mol. The molecular weight excluding hydrogens is 330 g/mol. The Morgan fingerprint density at radius 2 is 1.90 bits per heavy atom. The molecule has 106 valence electrons. The van der Waals surface area contributed by atoms with Gasteiger partial charge < -0.3 is 10.1 Å². The Morgan fingerprint density at radius 3 is 2.62 bits per heavy atom. The lowest BCUT2D eigenvalue weighted by Crippen LogP contribution is -1.98. The highest BCUT2D eigenvalue weighted by Crippen LogP contribution is 2.32. The number of aryl methyl sites for hydroxylation is 1. The monoisotopic (exact) mass is 343 g/mol. The molecule has 0 saturated carbocycles. The molecule has 3 rings (SSSR count). The molecule has 3 aromatic rings. The summed E-state index contributed by atoms with van der Waals surface area (Å²) in [4.78, 5) is 14.3. The first-order chi connectivity index (χ1) is 10.1. The zero-order valence-electron chi connectivity index (χ0n) is 11.3. The average Bonchev–Trinajstić information content (AvgIpc) is 2.84. The van der Waals surface area contributed by atoms with E-state index in [4.69, 9.17) is 5.11 Å². The van der Waals surface area contributed by atoms with Gasteiger partial charge in [-0.3, -0.25) is 4.79 Å². The van der Waals surface area contributed by atoms with Gasteiger partial charge >= 0.3 is 5.97 Å². The number of carboxylic acids is 1. The van der Waals surface area contributed by atoms with Gasteiger partial charge in [0.05, 0.1) is 0 Å². The highest BCUT2D eigenvalue weighted by Gasteiger charge is 2.14. The number of carboxylic acid groups (broad SMARTS) is 1. The number of aromatic amines is 1. The fourth-order valence-electron chi connectivity index (χ4n) is 2.56. The number of carbonyl (C=O) groups is 1. The molecule has 4 heteroatoms. The van der Waals surface area contributed by atoms with Crippen LogP contribution in [0.5, 0.6) is 0 Å². The third-order valence-corrected chi connectivity index (χ3v) is 4.01. The second-order valence-electron chi connectivity index (χ2n) is 4.93. The van der Waals surface area contributed by atoms with Crippen LogP contribution in [0.1, 0.15) is 12.0 Å². The maximum atomic E-state index is 10.9. The number of halogens is 1. The summed E-state index contributed by atoms with van der Waals surface area (Å²) >= 11 is 3.48. The summed E-state index contributed by atoms with van der Waals surface area (Å²) in [6.45, 7) is 0. The molecule has 2 aromatic carbocycles. The minimum atomic E-state index is -0.779. The predicted octanol–water partition coefficient (Wildman–Crippen LogP) is 4.61. The molecular formula is C17H14BrNO2. The van der Waals surface area contributed by atoms with Gasteiger partial charge in [-0.2, -0.15) is 0 Å². The summed E-state index contributed by atoms with van der Waals surface area (Å²) in [6, 6.07) is 16.0. The number of aromatic nitrogens is 1. The molecule has 0 saturated heterocycles. The van der Waals surface area contributed by atoms with Crippen molar-refractivity contribution in [1.82, 2.24) is 4.98 Å². The minimum absolute atomic E-state index is 0.124. The van der Waals surface area contributed by atoms with Crippen molar-refractivity contribution in [3.05, 3.63) is 58.6 Å². The van der Waals surface area contributed by atoms with Crippen molar-refractivity contribution in [2.45, 2.75) is 12.8 Å². The van der Waals surface area contributed by atoms with E-state index in [1.807, 2.05) is 48.5 Å². The van der Waals surface area contributed by atoms with Crippen molar-refractivity contribution in [3.63, 3.8) is 0 Å². The molecule has 21 heavy (non-hydrogen) atoms. The Hall–Kier alpha value is -2.07. The molecule has 0 aliphatic heterocycles. The van der Waals surface area contributed by atoms with Crippen molar-refractivity contribution in [1.29, 1.82) is 0 Å². The first-order valence-corrected chi connectivity index (χ1v) is 7.52. The van der Waals surface area contributed by atoms with Gasteiger partial charge in [-0.15, -0.1) is 0 Å². The van der Waals surface area contributed by atoms with E-state index in [0.717, 1.165) is 32.2 Å². The van der Waals surface area contributed by atoms with E-state index in [1.165, 1.54) is 0 Å². The topological polar surface area (TPSA) is 53.1 Å². The molecule has 0 unspecified atom stereocenters. The number of fused-ring (bicyclic) bond motifs is 1. The molecule has 3 nitrogen and oxygen atoms in total. The van der Waals surface area contributed by atoms with Crippen molar-refractivity contribution in [2.24, 2.45) is 0 Å². The third-order valence-electron chi connectivity index (χ3n) is 3.52. The molecule has 0 atom stereocenters. The highest BCUT2D eigenvalue weighted by molar-refractivity contribution is 9.10. The molecule has 1 heterocycles. The van der Waals surface area contributed by atoms with Crippen molar-refractivity contribution < 1.29 is 9.90 Å². The standard InChI is InChI=1S/C17H14BrNO2/c18-12-6-8-15-14(10-12)13(7-9-16(20)21)17(19-15)11-4-2-1-3-5-11/h1-6,8,10,19H,7,9H2,(H,20,21). The number of H-pyrrole nitrogens is 1. The van der Waals surface area contributed by atoms with Gasteiger partial charge in [0.25, 0.3) is 0 Å². The van der Waals surface area contributed by atoms with Crippen LogP contribution in [0.4, 0.5) is 0 Å². The first kappa shape index (κ1) is 13.9. The van der Waals surface area contributed by atoms with E-state index in [-0.39, 0.29) is 6.42 Å². The van der Waals surface area contributed by atoms with Crippen LogP contribution >= 0.6 is 15.9 Å². The van der Waals surface area contributed by atoms with Crippen LogP contribution in [-0.4, -0.2) is 16.1 Å². The summed E-state index contributed by atoms with van der Waals surface area (Å²) < 4.78 is 0.991. The van der Waals surface area contributed by atoms with Crippen molar-refractivity contribution >= 4 is 32.8 Å². The Balaban J connectivity index is 2.18. The number of hydrogen-bond acceptors (Lipinski definition) is 1. The zero-order chi connectivity index (χ0) is 14.8. The second-order valence-corrected chi connectivity index (χ2v) is 5.84. The van der Waals surface area contributed by atoms with E-state index in [9.17, 15) is 4.79 Å². The summed E-state index contributed by atoms with van der Waals surface area (Å²) in [5.74, 6) is -0.779. The number of benzene rings is 2. The van der Waals surface area contributed by atoms with Crippen LogP contribution < -0.4 is 0 Å². The van der Waals surface area contributed by atoms with Crippen molar-refractivity contribution in [3.8, 4) is 11.3 Å². The van der Waals surface area contributed by atoms with Crippen LogP contribution in [0.25, 0.3) is 22.2 Å². The SMILES string of the molecule is O=C(O)CCc1c(-c2ccccc2)[nH]c2ccc(Br)cc12. The second kappa shape index (κ2) is 5.74. The average molecular weight is 344 g/mol. The summed E-state index contributed by atoms with van der Waals surface area (Å²) in [5, 5.41) is 10.1. The van der Waals surface area contributed by atoms with Gasteiger partial charge in [0.1, 0.15) is 0 Å². The largest absolute Gasteiger partial charge is 0.481 e. The quantitative estimate of drug-likeness (QED) is 0.726. The van der Waals surface area contributed by atoms with E-state index in [2.05, 4.69) is 20.9 Å². The smallest absolute Gasteiger partial charge is 0.303 e. The van der Waals surface area contributed by atoms with E-state index in [0.29, 0.717) is 6.42 Å². The van der Waals surface area contributed by atoms with Crippen LogP contribution in [0.15, 0.2) is 53.0 Å². The van der Waals surface area contributed by atoms with Gasteiger partial charge in [0.15, 0.2) is 0 Å². The number of hydrogen-bond donors (Lipinski definition) is 2. The van der Waals surface area contributed by atoms with Gasteiger partial charge in [0, 0.05) is 27.5 Å². The summed E-state index contributed by atoms with van der Waals surface area (Å²) in [6.07, 6.45) is 0.634. The number of nitrogens with one attached hydrogen (secondary N) is 1. The molecule has 0 amide bonds. The van der Waals surface area contributed by atoms with Crippen molar-refractivity contribution in [2.75, 3.05) is 0 Å². The highest BCUT2D eigenvalue weighted by atomic mass is 79.9. The Kier molecular flexibility index (Phi) is 3.80. The fraction of sp³-hybridized carbons (Fsp3) is 0.118. The van der Waals surface area contributed by atoms with Crippen LogP contribution in [-0.2, 0) is 11.2 Å². The molecule has 0 bridgehead atoms. The van der Waals surface area contributed by atoms with Gasteiger partial charge in [-0.05, 0) is 35.7 Å². The number of aliphatic carboxylic acids is 1. The maximum absolute atomic E-state index is 10.9. The lowest BCUT2D eigenvalue weighted by molar-refractivity contribution is -0.136. The van der Waals surface area contributed by atoms with Crippen LogP contribution in [0.2, 0.25) is 0 Å². The molecule has 0 spiro atoms. The lowest BCUT2D eigenvalue weighted by atomic mass is 10.0. The van der Waals surface area contributed by atoms with Gasteiger partial charge in [-0.25, -0.2) is 0 Å². The Labute approximate surface area is 130 Å². The summed E-state index contributed by atoms with van der Waals surface area (Å²) in [7, 11) is 0. The molecule has 0 radical (unpaired) electrons. The molecule has 1 aromatic heterocycles. The van der Waals surface area contributed by atoms with E-state index >= 15 is 0 Å². The Bertz CT molecular complexity index is 793. The normalized spacial score (nSPS) is 10.9. The van der Waals surface area contributed by atoms with Crippen LogP contribution in [0.3, 0.4) is 0 Å². The molecule has 0 fully saturated rings. The molecule has 2 N–H and O–H groups in total. The molecule has 0 aliphatic rings. The van der Waals surface area contributed by atoms with E-state index in [1.54, 1.807) is 0 Å². The van der Waals surface area contributed by atoms with Crippen LogP contribution in [0, 0.1) is 0 Å². The third kappa shape index (κ3) is 2.85. The molecule has 0 aliphatic carbocycles. The minimum Gasteiger partial charge on any atom is -0.481 e. The summed E-state index contributed by atoms with van der Waals surface area (Å²) in [5.41, 5.74) is 4.16. The lowest BCUT2D eigenvalue weighted by Gasteiger charge is -2.04. The van der Waals surface area contributed by atoms with Gasteiger partial charge in [-0.1, -0.05) is 46.3 Å².